The first-order chi connectivity index (χ1) is 8.94. The highest BCUT2D eigenvalue weighted by Crippen LogP contribution is 2.26. The van der Waals surface area contributed by atoms with Gasteiger partial charge in [-0.3, -0.25) is 0 Å². The molecule has 2 aromatic rings. The molecule has 0 radical (unpaired) electrons. The summed E-state index contributed by atoms with van der Waals surface area (Å²) in [6.45, 7) is 0.429. The minimum absolute atomic E-state index is 0.0933. The molecule has 0 spiro atoms. The third-order valence-corrected chi connectivity index (χ3v) is 3.49. The number of benzene rings is 1. The van der Waals surface area contributed by atoms with E-state index in [1.54, 1.807) is 6.07 Å². The number of fused-ring (bicyclic) bond motifs is 1. The largest absolute Gasteiger partial charge is 0.389 e. The number of anilines is 1. The van der Waals surface area contributed by atoms with Gasteiger partial charge in [0.15, 0.2) is 5.13 Å². The summed E-state index contributed by atoms with van der Waals surface area (Å²) in [5.41, 5.74) is 0.684. The Bertz CT molecular complexity index is 550. The normalized spacial score (nSPS) is 12.0. The molecule has 2 nitrogen and oxygen atoms in total. The molecule has 0 aliphatic rings. The summed E-state index contributed by atoms with van der Waals surface area (Å²) in [7, 11) is 0. The van der Waals surface area contributed by atoms with Crippen LogP contribution in [0.15, 0.2) is 18.2 Å². The summed E-state index contributed by atoms with van der Waals surface area (Å²) in [5, 5.41) is 3.56. The van der Waals surface area contributed by atoms with Gasteiger partial charge in [0.2, 0.25) is 0 Å². The summed E-state index contributed by atoms with van der Waals surface area (Å²) < 4.78 is 49.4. The van der Waals surface area contributed by atoms with Gasteiger partial charge in [-0.15, -0.1) is 0 Å². The lowest BCUT2D eigenvalue weighted by Gasteiger charge is -2.05. The van der Waals surface area contributed by atoms with Crippen LogP contribution in [0.4, 0.5) is 22.7 Å². The Hall–Kier alpha value is -1.37. The Labute approximate surface area is 111 Å². The lowest BCUT2D eigenvalue weighted by atomic mass is 10.2. The molecule has 1 N–H and O–H groups in total. The molecule has 0 saturated heterocycles. The topological polar surface area (TPSA) is 24.9 Å². The summed E-state index contributed by atoms with van der Waals surface area (Å²) >= 11 is 1.29. The molecule has 0 fully saturated rings. The van der Waals surface area contributed by atoms with Crippen molar-refractivity contribution in [1.82, 2.24) is 4.98 Å². The number of nitrogens with zero attached hydrogens (tertiary/aromatic N) is 1. The number of halogens is 4. The van der Waals surface area contributed by atoms with Crippen LogP contribution in [0.1, 0.15) is 19.3 Å². The molecule has 0 amide bonds. The molecule has 0 unspecified atom stereocenters. The van der Waals surface area contributed by atoms with E-state index in [1.807, 2.05) is 0 Å². The summed E-state index contributed by atoms with van der Waals surface area (Å²) in [5.74, 6) is -0.326. The summed E-state index contributed by atoms with van der Waals surface area (Å²) in [6.07, 6.45) is -4.34. The third-order valence-electron chi connectivity index (χ3n) is 2.51. The van der Waals surface area contributed by atoms with Gasteiger partial charge in [0.25, 0.3) is 0 Å². The number of alkyl halides is 3. The molecule has 0 saturated carbocycles. The highest BCUT2D eigenvalue weighted by Gasteiger charge is 2.25. The number of hydrogen-bond donors (Lipinski definition) is 1. The summed E-state index contributed by atoms with van der Waals surface area (Å²) in [4.78, 5) is 4.22. The molecular formula is C12H12F4N2S. The highest BCUT2D eigenvalue weighted by molar-refractivity contribution is 7.22. The Kier molecular flexibility index (Phi) is 4.24. The standard InChI is InChI=1S/C12H12F4N2S/c13-8-3-4-9-10(7-8)19-11(18-9)17-6-2-1-5-12(14,15)16/h3-4,7H,1-2,5-6H2,(H,17,18). The van der Waals surface area contributed by atoms with Gasteiger partial charge in [0.05, 0.1) is 10.2 Å². The predicted molar refractivity (Wildman–Crippen MR) is 68.0 cm³/mol. The van der Waals surface area contributed by atoms with Gasteiger partial charge >= 0.3 is 6.18 Å². The maximum Gasteiger partial charge on any atom is 0.389 e. The van der Waals surface area contributed by atoms with Gasteiger partial charge in [0, 0.05) is 13.0 Å². The fourth-order valence-electron chi connectivity index (χ4n) is 1.62. The van der Waals surface area contributed by atoms with Crippen molar-refractivity contribution in [2.75, 3.05) is 11.9 Å². The molecule has 0 aliphatic heterocycles. The van der Waals surface area contributed by atoms with Gasteiger partial charge in [-0.2, -0.15) is 13.2 Å². The van der Waals surface area contributed by atoms with Crippen molar-refractivity contribution >= 4 is 26.7 Å². The average Bonchev–Trinajstić information content (AvgIpc) is 2.68. The lowest BCUT2D eigenvalue weighted by molar-refractivity contribution is -0.135. The van der Waals surface area contributed by atoms with Gasteiger partial charge in [-0.05, 0) is 31.0 Å². The van der Waals surface area contributed by atoms with E-state index in [4.69, 9.17) is 0 Å². The fourth-order valence-corrected chi connectivity index (χ4v) is 2.54. The second-order valence-electron chi connectivity index (χ2n) is 4.13. The first-order valence-corrected chi connectivity index (χ1v) is 6.62. The number of thiazole rings is 1. The predicted octanol–water partition coefficient (Wildman–Crippen LogP) is 4.58. The Morgan fingerprint density at radius 2 is 2.00 bits per heavy atom. The van der Waals surface area contributed by atoms with Crippen LogP contribution in [-0.2, 0) is 0 Å². The zero-order valence-corrected chi connectivity index (χ0v) is 10.7. The number of rotatable bonds is 5. The van der Waals surface area contributed by atoms with Crippen LogP contribution in [0.3, 0.4) is 0 Å². The van der Waals surface area contributed by atoms with Crippen LogP contribution in [0.2, 0.25) is 0 Å². The number of nitrogens with one attached hydrogen (secondary N) is 1. The molecule has 1 aromatic carbocycles. The smallest absolute Gasteiger partial charge is 0.361 e. The monoisotopic (exact) mass is 292 g/mol. The zero-order chi connectivity index (χ0) is 13.9. The zero-order valence-electron chi connectivity index (χ0n) is 9.93. The average molecular weight is 292 g/mol. The maximum atomic E-state index is 13.0. The van der Waals surface area contributed by atoms with Crippen LogP contribution < -0.4 is 5.32 Å². The molecule has 0 atom stereocenters. The molecule has 0 aliphatic carbocycles. The minimum atomic E-state index is -4.09. The van der Waals surface area contributed by atoms with Crippen LogP contribution in [0.5, 0.6) is 0 Å². The van der Waals surface area contributed by atoms with E-state index < -0.39 is 12.6 Å². The highest BCUT2D eigenvalue weighted by atomic mass is 32.1. The van der Waals surface area contributed by atoms with Gasteiger partial charge in [-0.25, -0.2) is 9.37 Å². The first kappa shape index (κ1) is 14.0. The van der Waals surface area contributed by atoms with Crippen LogP contribution in [0, 0.1) is 5.82 Å². The van der Waals surface area contributed by atoms with E-state index in [9.17, 15) is 17.6 Å². The molecule has 1 heterocycles. The van der Waals surface area contributed by atoms with Crippen molar-refractivity contribution in [3.05, 3.63) is 24.0 Å². The second kappa shape index (κ2) is 5.73. The van der Waals surface area contributed by atoms with E-state index in [2.05, 4.69) is 10.3 Å². The molecular weight excluding hydrogens is 280 g/mol. The Balaban J connectivity index is 1.82. The van der Waals surface area contributed by atoms with Crippen molar-refractivity contribution in [2.45, 2.75) is 25.4 Å². The van der Waals surface area contributed by atoms with E-state index in [-0.39, 0.29) is 12.2 Å². The molecule has 104 valence electrons. The van der Waals surface area contributed by atoms with Crippen molar-refractivity contribution in [3.63, 3.8) is 0 Å². The van der Waals surface area contributed by atoms with Crippen molar-refractivity contribution in [3.8, 4) is 0 Å². The summed E-state index contributed by atoms with van der Waals surface area (Å²) in [6, 6.07) is 4.30. The van der Waals surface area contributed by atoms with E-state index in [1.165, 1.54) is 23.5 Å². The minimum Gasteiger partial charge on any atom is -0.361 e. The van der Waals surface area contributed by atoms with Crippen LogP contribution in [0.25, 0.3) is 10.2 Å². The fraction of sp³-hybridized carbons (Fsp3) is 0.417. The van der Waals surface area contributed by atoms with Gasteiger partial charge in [0.1, 0.15) is 5.82 Å². The molecule has 7 heteroatoms. The van der Waals surface area contributed by atoms with Gasteiger partial charge < -0.3 is 5.32 Å². The Morgan fingerprint density at radius 3 is 2.74 bits per heavy atom. The van der Waals surface area contributed by atoms with Crippen molar-refractivity contribution < 1.29 is 17.6 Å². The number of aromatic nitrogens is 1. The molecule has 19 heavy (non-hydrogen) atoms. The van der Waals surface area contributed by atoms with E-state index in [0.717, 1.165) is 4.70 Å². The molecule has 2 rings (SSSR count). The van der Waals surface area contributed by atoms with Crippen LogP contribution >= 0.6 is 11.3 Å². The van der Waals surface area contributed by atoms with Crippen molar-refractivity contribution in [2.24, 2.45) is 0 Å². The van der Waals surface area contributed by atoms with Crippen molar-refractivity contribution in [1.29, 1.82) is 0 Å². The lowest BCUT2D eigenvalue weighted by Crippen LogP contribution is -2.08. The second-order valence-corrected chi connectivity index (χ2v) is 5.16. The SMILES string of the molecule is Fc1ccc2nc(NCCCCC(F)(F)F)sc2c1. The molecule has 0 bridgehead atoms. The van der Waals surface area contributed by atoms with Crippen LogP contribution in [-0.4, -0.2) is 17.7 Å². The van der Waals surface area contributed by atoms with Gasteiger partial charge in [-0.1, -0.05) is 11.3 Å². The first-order valence-electron chi connectivity index (χ1n) is 5.81. The maximum absolute atomic E-state index is 13.0. The van der Waals surface area contributed by atoms with E-state index >= 15 is 0 Å². The molecule has 1 aromatic heterocycles. The Morgan fingerprint density at radius 1 is 1.21 bits per heavy atom. The third kappa shape index (κ3) is 4.34. The van der Waals surface area contributed by atoms with E-state index in [0.29, 0.717) is 23.6 Å². The number of hydrogen-bond acceptors (Lipinski definition) is 3. The quantitative estimate of drug-likeness (QED) is 0.644. The number of unbranched alkanes of at least 4 members (excludes halogenated alkanes) is 1.